The van der Waals surface area contributed by atoms with Crippen LogP contribution in [0, 0.1) is 0 Å². The third kappa shape index (κ3) is 8.21. The van der Waals surface area contributed by atoms with E-state index in [1.165, 1.54) is 0 Å². The summed E-state index contributed by atoms with van der Waals surface area (Å²) >= 11 is 0. The molecule has 20 heteroatoms. The van der Waals surface area contributed by atoms with E-state index in [2.05, 4.69) is 8.83 Å². The molecule has 1 saturated heterocycles. The summed E-state index contributed by atoms with van der Waals surface area (Å²) < 4.78 is 34.6. The van der Waals surface area contributed by atoms with Gasteiger partial charge in [0, 0.05) is 0 Å². The minimum atomic E-state index is -5.78. The van der Waals surface area contributed by atoms with Gasteiger partial charge in [0.05, 0.1) is 12.8 Å². The number of aliphatic hydroxyl groups excluding tert-OH is 3. The summed E-state index contributed by atoms with van der Waals surface area (Å²) in [5.41, 5.74) is -2.63. The summed E-state index contributed by atoms with van der Waals surface area (Å²) in [6, 6.07) is 0. The zero-order chi connectivity index (χ0) is 19.9. The van der Waals surface area contributed by atoms with Crippen LogP contribution in [0.25, 0.3) is 0 Å². The number of nitrogens with zero attached hydrogens (tertiary/aromatic N) is 1. The summed E-state index contributed by atoms with van der Waals surface area (Å²) in [6.45, 7) is -0.727. The van der Waals surface area contributed by atoms with Crippen molar-refractivity contribution in [1.29, 1.82) is 0 Å². The number of aliphatic hydroxyl groups is 3. The second kappa shape index (κ2) is 12.0. The molecule has 1 aromatic heterocycles. The Bertz CT molecular complexity index is 885. The number of H-pyrrole nitrogens is 1. The number of hydrogen-bond acceptors (Lipinski definition) is 12. The van der Waals surface area contributed by atoms with Crippen molar-refractivity contribution in [3.8, 4) is 5.75 Å². The number of phosphoric ester groups is 1. The van der Waals surface area contributed by atoms with E-state index in [0.717, 1.165) is 0 Å². The molecule has 2 rings (SSSR count). The quantitative estimate of drug-likeness (QED) is 0.186. The third-order valence-electron chi connectivity index (χ3n) is 3.14. The van der Waals surface area contributed by atoms with E-state index in [0.29, 0.717) is 10.8 Å². The van der Waals surface area contributed by atoms with Gasteiger partial charge in [-0.25, -0.2) is 9.11 Å². The fourth-order valence-corrected chi connectivity index (χ4v) is 3.61. The van der Waals surface area contributed by atoms with E-state index in [4.69, 9.17) is 14.7 Å². The predicted octanol–water partition coefficient (Wildman–Crippen LogP) is -11.3. The Balaban J connectivity index is 0. The first kappa shape index (κ1) is 31.8. The monoisotopic (exact) mass is 482 g/mol. The molecule has 1 aliphatic heterocycles. The Morgan fingerprint density at radius 3 is 2.21 bits per heavy atom. The molecule has 2 heterocycles. The Morgan fingerprint density at radius 1 is 1.21 bits per heavy atom. The first-order chi connectivity index (χ1) is 11.8. The van der Waals surface area contributed by atoms with Crippen LogP contribution in [-0.2, 0) is 18.2 Å². The van der Waals surface area contributed by atoms with Crippen molar-refractivity contribution in [1.82, 2.24) is 9.55 Å². The van der Waals surface area contributed by atoms with Crippen LogP contribution in [0.4, 0.5) is 0 Å². The summed E-state index contributed by atoms with van der Waals surface area (Å²) in [4.78, 5) is 55.2. The largest absolute Gasteiger partial charge is 1.00 e. The average Bonchev–Trinajstić information content (AvgIpc) is 2.75. The van der Waals surface area contributed by atoms with Gasteiger partial charge in [-0.15, -0.1) is 0 Å². The van der Waals surface area contributed by atoms with Crippen molar-refractivity contribution < 1.29 is 117 Å². The number of rotatable bonds is 6. The van der Waals surface area contributed by atoms with Crippen molar-refractivity contribution in [2.24, 2.45) is 0 Å². The average molecular weight is 482 g/mol. The van der Waals surface area contributed by atoms with Crippen molar-refractivity contribution >= 4 is 15.6 Å². The van der Waals surface area contributed by atoms with Crippen molar-refractivity contribution in [3.05, 3.63) is 27.0 Å². The predicted molar refractivity (Wildman–Crippen MR) is 77.1 cm³/mol. The first-order valence-electron chi connectivity index (χ1n) is 6.58. The standard InChI is InChI=1S/C9H14N2O13P2.2Na.H2O/c12-2-4-5(13)6(14)8(22-4)11-1-3(7(15)10-9(11)16)23-26(20,21)24-25(17,18)19;;;/h1,4-6,8,12-14H,2H2,(H,20,21)(H,10,15,16)(H2,17,18,19);;;1H2/q;2*+1;/p-2/t4-,5-,6-,8-;;;/m1.../s1. The number of ether oxygens (including phenoxy) is 1. The topological polar surface area (TPSA) is 275 Å². The van der Waals surface area contributed by atoms with Gasteiger partial charge in [0.1, 0.15) is 18.3 Å². The minimum absolute atomic E-state index is 0. The SMILES string of the molecule is O.O=c1[nH]c(=O)n([C@@H]2O[C@H](CO)[C@@H](O)[C@H]2O)cc1OP(=O)([O-])OP(=O)([O-])O.[Na+].[Na+]. The molecule has 1 fully saturated rings. The van der Waals surface area contributed by atoms with Crippen LogP contribution in [0.2, 0.25) is 0 Å². The normalized spacial score (nSPS) is 27.4. The Kier molecular flexibility index (Phi) is 13.1. The molecule has 6 atom stereocenters. The molecule has 16 nitrogen and oxygen atoms in total. The van der Waals surface area contributed by atoms with Crippen LogP contribution in [0.1, 0.15) is 6.23 Å². The van der Waals surface area contributed by atoms with Crippen LogP contribution in [0.3, 0.4) is 0 Å². The molecule has 0 bridgehead atoms. The molecule has 0 aromatic carbocycles. The van der Waals surface area contributed by atoms with Gasteiger partial charge in [-0.05, 0) is 0 Å². The van der Waals surface area contributed by atoms with Crippen LogP contribution < -0.4 is 84.7 Å². The summed E-state index contributed by atoms with van der Waals surface area (Å²) in [7, 11) is -11.5. The summed E-state index contributed by atoms with van der Waals surface area (Å²) in [5.74, 6) is -1.17. The van der Waals surface area contributed by atoms with Crippen molar-refractivity contribution in [3.63, 3.8) is 0 Å². The van der Waals surface area contributed by atoms with Gasteiger partial charge in [-0.3, -0.25) is 23.5 Å². The zero-order valence-corrected chi connectivity index (χ0v) is 20.7. The molecule has 156 valence electrons. The van der Waals surface area contributed by atoms with Crippen LogP contribution >= 0.6 is 15.6 Å². The maximum Gasteiger partial charge on any atom is 1.00 e. The van der Waals surface area contributed by atoms with Gasteiger partial charge in [0.2, 0.25) is 5.75 Å². The summed E-state index contributed by atoms with van der Waals surface area (Å²) in [6.07, 6.45) is -5.86. The molecule has 0 amide bonds. The Morgan fingerprint density at radius 2 is 1.76 bits per heavy atom. The van der Waals surface area contributed by atoms with E-state index in [-0.39, 0.29) is 64.6 Å². The second-order valence-corrected chi connectivity index (χ2v) is 7.64. The van der Waals surface area contributed by atoms with Gasteiger partial charge in [-0.1, -0.05) is 0 Å². The van der Waals surface area contributed by atoms with E-state index in [9.17, 15) is 38.7 Å². The molecule has 0 saturated carbocycles. The molecule has 0 aliphatic carbocycles. The van der Waals surface area contributed by atoms with Crippen LogP contribution in [0.15, 0.2) is 15.8 Å². The van der Waals surface area contributed by atoms with Gasteiger partial charge in [-0.2, -0.15) is 0 Å². The zero-order valence-electron chi connectivity index (χ0n) is 14.9. The second-order valence-electron chi connectivity index (χ2n) is 4.98. The molecule has 29 heavy (non-hydrogen) atoms. The maximum absolute atomic E-state index is 11.8. The van der Waals surface area contributed by atoms with Gasteiger partial charge in [0.15, 0.2) is 6.23 Å². The molecule has 7 N–H and O–H groups in total. The van der Waals surface area contributed by atoms with Crippen LogP contribution in [0.5, 0.6) is 5.75 Å². The van der Waals surface area contributed by atoms with E-state index in [1.807, 2.05) is 0 Å². The smallest absolute Gasteiger partial charge is 0.756 e. The molecule has 2 unspecified atom stereocenters. The minimum Gasteiger partial charge on any atom is -0.756 e. The number of aromatic nitrogens is 2. The Labute approximate surface area is 205 Å². The first-order valence-corrected chi connectivity index (χ1v) is 9.54. The van der Waals surface area contributed by atoms with Crippen molar-refractivity contribution in [2.45, 2.75) is 24.5 Å². The molecule has 1 aliphatic rings. The maximum atomic E-state index is 11.8. The number of aromatic amines is 1. The number of phosphoric acid groups is 2. The van der Waals surface area contributed by atoms with E-state index in [1.54, 1.807) is 4.98 Å². The fraction of sp³-hybridized carbons (Fsp3) is 0.556. The number of nitrogens with one attached hydrogen (secondary N) is 1. The summed E-state index contributed by atoms with van der Waals surface area (Å²) in [5, 5.41) is 28.5. The van der Waals surface area contributed by atoms with Gasteiger partial charge in [0.25, 0.3) is 13.4 Å². The Hall–Kier alpha value is 0.580. The van der Waals surface area contributed by atoms with Crippen molar-refractivity contribution in [2.75, 3.05) is 6.61 Å². The molecular formula is C9H14N2Na2O14P2. The molecule has 0 radical (unpaired) electrons. The molecule has 0 spiro atoms. The third-order valence-corrected chi connectivity index (χ3v) is 5.19. The molecular weight excluding hydrogens is 468 g/mol. The fourth-order valence-electron chi connectivity index (χ4n) is 2.09. The van der Waals surface area contributed by atoms with Gasteiger partial charge < -0.3 is 44.7 Å². The molecule has 1 aromatic rings. The van der Waals surface area contributed by atoms with Crippen LogP contribution in [-0.4, -0.2) is 60.2 Å². The van der Waals surface area contributed by atoms with E-state index < -0.39 is 63.8 Å². The number of hydrogen-bond donors (Lipinski definition) is 5. The van der Waals surface area contributed by atoms with E-state index >= 15 is 0 Å². The van der Waals surface area contributed by atoms with Gasteiger partial charge >= 0.3 is 72.6 Å².